The van der Waals surface area contributed by atoms with Gasteiger partial charge in [0.2, 0.25) is 4.73 Å². The van der Waals surface area contributed by atoms with Crippen molar-refractivity contribution >= 4 is 26.7 Å². The summed E-state index contributed by atoms with van der Waals surface area (Å²) in [6.45, 7) is 0. The standard InChI is InChI=1S/C15H12BrN3O/c16-14-17-18-15(20)19(14)13-8-7-10(9-5-6-9)11-3-1-2-4-12(11)13/h1-4,7-9H,5-6H2,(H,18,20). The number of halogens is 1. The predicted molar refractivity (Wildman–Crippen MR) is 81.4 cm³/mol. The number of aromatic nitrogens is 3. The number of H-pyrrole nitrogens is 1. The number of hydrogen-bond acceptors (Lipinski definition) is 2. The van der Waals surface area contributed by atoms with E-state index in [9.17, 15) is 4.79 Å². The largest absolute Gasteiger partial charge is 0.348 e. The monoisotopic (exact) mass is 329 g/mol. The lowest BCUT2D eigenvalue weighted by Crippen LogP contribution is -2.15. The molecule has 0 saturated heterocycles. The summed E-state index contributed by atoms with van der Waals surface area (Å²) in [7, 11) is 0. The van der Waals surface area contributed by atoms with Gasteiger partial charge in [0.05, 0.1) is 5.69 Å². The fraction of sp³-hybridized carbons (Fsp3) is 0.200. The molecule has 100 valence electrons. The third kappa shape index (κ3) is 1.73. The number of hydrogen-bond donors (Lipinski definition) is 1. The van der Waals surface area contributed by atoms with Crippen LogP contribution in [0.3, 0.4) is 0 Å². The highest BCUT2D eigenvalue weighted by Gasteiger charge is 2.26. The molecule has 3 aromatic rings. The summed E-state index contributed by atoms with van der Waals surface area (Å²) in [5.74, 6) is 0.679. The molecule has 1 aliphatic rings. The third-order valence-electron chi connectivity index (χ3n) is 3.82. The summed E-state index contributed by atoms with van der Waals surface area (Å²) in [6, 6.07) is 12.4. The second-order valence-corrected chi connectivity index (χ2v) is 5.84. The van der Waals surface area contributed by atoms with Gasteiger partial charge < -0.3 is 0 Å². The van der Waals surface area contributed by atoms with Gasteiger partial charge in [-0.15, -0.1) is 5.10 Å². The molecule has 0 radical (unpaired) electrons. The van der Waals surface area contributed by atoms with Crippen LogP contribution in [0.15, 0.2) is 45.9 Å². The Bertz CT molecular complexity index is 861. The Morgan fingerprint density at radius 2 is 1.90 bits per heavy atom. The smallest absolute Gasteiger partial charge is 0.246 e. The quantitative estimate of drug-likeness (QED) is 0.783. The maximum Gasteiger partial charge on any atom is 0.348 e. The van der Waals surface area contributed by atoms with Crippen LogP contribution in [-0.2, 0) is 0 Å². The molecule has 2 aromatic carbocycles. The molecule has 1 aromatic heterocycles. The van der Waals surface area contributed by atoms with E-state index in [1.807, 2.05) is 18.2 Å². The summed E-state index contributed by atoms with van der Waals surface area (Å²) in [6.07, 6.45) is 2.53. The number of fused-ring (bicyclic) bond motifs is 1. The Kier molecular flexibility index (Phi) is 2.57. The van der Waals surface area contributed by atoms with Crippen LogP contribution in [0.2, 0.25) is 0 Å². The average molecular weight is 330 g/mol. The van der Waals surface area contributed by atoms with Crippen LogP contribution in [0.5, 0.6) is 0 Å². The first kappa shape index (κ1) is 11.9. The number of aromatic amines is 1. The van der Waals surface area contributed by atoms with Gasteiger partial charge in [0.15, 0.2) is 0 Å². The molecular formula is C15H12BrN3O. The van der Waals surface area contributed by atoms with E-state index in [1.165, 1.54) is 23.8 Å². The molecule has 0 atom stereocenters. The third-order valence-corrected chi connectivity index (χ3v) is 4.36. The molecule has 0 unspecified atom stereocenters. The van der Waals surface area contributed by atoms with Gasteiger partial charge in [-0.1, -0.05) is 30.3 Å². The average Bonchev–Trinajstić information content (AvgIpc) is 3.25. The van der Waals surface area contributed by atoms with Crippen molar-refractivity contribution in [3.63, 3.8) is 0 Å². The maximum atomic E-state index is 11.9. The van der Waals surface area contributed by atoms with Crippen LogP contribution in [-0.4, -0.2) is 14.8 Å². The summed E-state index contributed by atoms with van der Waals surface area (Å²) in [5, 5.41) is 8.69. The zero-order chi connectivity index (χ0) is 13.7. The number of nitrogens with one attached hydrogen (secondary N) is 1. The molecule has 0 aliphatic heterocycles. The zero-order valence-corrected chi connectivity index (χ0v) is 12.2. The van der Waals surface area contributed by atoms with Gasteiger partial charge in [-0.25, -0.2) is 14.5 Å². The lowest BCUT2D eigenvalue weighted by atomic mass is 9.99. The normalized spacial score (nSPS) is 14.8. The molecular weight excluding hydrogens is 318 g/mol. The summed E-state index contributed by atoms with van der Waals surface area (Å²) in [4.78, 5) is 11.9. The van der Waals surface area contributed by atoms with Crippen molar-refractivity contribution in [3.05, 3.63) is 57.2 Å². The second-order valence-electron chi connectivity index (χ2n) is 5.13. The predicted octanol–water partition coefficient (Wildman–Crippen LogP) is 3.35. The van der Waals surface area contributed by atoms with E-state index in [4.69, 9.17) is 0 Å². The Hall–Kier alpha value is -1.88. The van der Waals surface area contributed by atoms with Crippen molar-refractivity contribution in [2.24, 2.45) is 0 Å². The van der Waals surface area contributed by atoms with Crippen LogP contribution in [0.25, 0.3) is 16.5 Å². The van der Waals surface area contributed by atoms with E-state index < -0.39 is 0 Å². The first-order valence-corrected chi connectivity index (χ1v) is 7.40. The van der Waals surface area contributed by atoms with Crippen LogP contribution >= 0.6 is 15.9 Å². The van der Waals surface area contributed by atoms with E-state index in [2.05, 4.69) is 44.3 Å². The Morgan fingerprint density at radius 3 is 2.55 bits per heavy atom. The van der Waals surface area contributed by atoms with E-state index in [-0.39, 0.29) is 5.69 Å². The van der Waals surface area contributed by atoms with Crippen LogP contribution in [0.4, 0.5) is 0 Å². The van der Waals surface area contributed by atoms with E-state index in [1.54, 1.807) is 4.57 Å². The molecule has 1 aliphatic carbocycles. The lowest BCUT2D eigenvalue weighted by Gasteiger charge is -2.11. The first-order valence-electron chi connectivity index (χ1n) is 6.60. The number of rotatable bonds is 2. The van der Waals surface area contributed by atoms with Crippen LogP contribution in [0, 0.1) is 0 Å². The van der Waals surface area contributed by atoms with Gasteiger partial charge in [-0.3, -0.25) is 0 Å². The summed E-state index contributed by atoms with van der Waals surface area (Å²) in [5.41, 5.74) is 2.01. The van der Waals surface area contributed by atoms with E-state index in [0.717, 1.165) is 11.1 Å². The van der Waals surface area contributed by atoms with Crippen molar-refractivity contribution in [1.29, 1.82) is 0 Å². The van der Waals surface area contributed by atoms with Gasteiger partial charge in [0, 0.05) is 5.39 Å². The Labute approximate surface area is 123 Å². The summed E-state index contributed by atoms with van der Waals surface area (Å²) >= 11 is 3.32. The van der Waals surface area contributed by atoms with Crippen molar-refractivity contribution < 1.29 is 0 Å². The maximum absolute atomic E-state index is 11.9. The minimum atomic E-state index is -0.235. The minimum absolute atomic E-state index is 0.235. The SMILES string of the molecule is O=c1[nH]nc(Br)n1-c1ccc(C2CC2)c2ccccc12. The van der Waals surface area contributed by atoms with Gasteiger partial charge in [0.1, 0.15) is 0 Å². The minimum Gasteiger partial charge on any atom is -0.246 e. The van der Waals surface area contributed by atoms with Crippen molar-refractivity contribution in [3.8, 4) is 5.69 Å². The molecule has 1 saturated carbocycles. The van der Waals surface area contributed by atoms with Gasteiger partial charge >= 0.3 is 5.69 Å². The van der Waals surface area contributed by atoms with Crippen LogP contribution < -0.4 is 5.69 Å². The van der Waals surface area contributed by atoms with Gasteiger partial charge in [-0.2, -0.15) is 0 Å². The van der Waals surface area contributed by atoms with E-state index in [0.29, 0.717) is 10.7 Å². The lowest BCUT2D eigenvalue weighted by molar-refractivity contribution is 0.974. The molecule has 4 nitrogen and oxygen atoms in total. The van der Waals surface area contributed by atoms with Gasteiger partial charge in [0.25, 0.3) is 0 Å². The highest BCUT2D eigenvalue weighted by molar-refractivity contribution is 9.10. The second kappa shape index (κ2) is 4.31. The highest BCUT2D eigenvalue weighted by Crippen LogP contribution is 2.44. The topological polar surface area (TPSA) is 50.7 Å². The van der Waals surface area contributed by atoms with Crippen molar-refractivity contribution in [2.45, 2.75) is 18.8 Å². The number of benzene rings is 2. The zero-order valence-electron chi connectivity index (χ0n) is 10.6. The highest BCUT2D eigenvalue weighted by atomic mass is 79.9. The molecule has 0 bridgehead atoms. The fourth-order valence-corrected chi connectivity index (χ4v) is 3.18. The van der Waals surface area contributed by atoms with Crippen LogP contribution in [0.1, 0.15) is 24.3 Å². The van der Waals surface area contributed by atoms with Gasteiger partial charge in [-0.05, 0) is 51.7 Å². The Balaban J connectivity index is 2.07. The molecule has 1 N–H and O–H groups in total. The molecule has 1 fully saturated rings. The molecule has 1 heterocycles. The number of nitrogens with zero attached hydrogens (tertiary/aromatic N) is 2. The van der Waals surface area contributed by atoms with Crippen molar-refractivity contribution in [1.82, 2.24) is 14.8 Å². The van der Waals surface area contributed by atoms with E-state index >= 15 is 0 Å². The first-order chi connectivity index (χ1) is 9.75. The Morgan fingerprint density at radius 1 is 1.15 bits per heavy atom. The molecule has 4 rings (SSSR count). The van der Waals surface area contributed by atoms with Crippen molar-refractivity contribution in [2.75, 3.05) is 0 Å². The molecule has 0 spiro atoms. The summed E-state index contributed by atoms with van der Waals surface area (Å²) < 4.78 is 2.05. The fourth-order valence-electron chi connectivity index (χ4n) is 2.74. The molecule has 0 amide bonds. The molecule has 5 heteroatoms. The molecule has 20 heavy (non-hydrogen) atoms.